The third kappa shape index (κ3) is 4.56. The van der Waals surface area contributed by atoms with Gasteiger partial charge in [0.15, 0.2) is 5.76 Å². The molecule has 3 aromatic rings. The predicted molar refractivity (Wildman–Crippen MR) is 112 cm³/mol. The van der Waals surface area contributed by atoms with Crippen molar-refractivity contribution in [1.82, 2.24) is 9.88 Å². The predicted octanol–water partition coefficient (Wildman–Crippen LogP) is 3.25. The normalized spacial score (nSPS) is 15.3. The van der Waals surface area contributed by atoms with E-state index in [4.69, 9.17) is 4.42 Å². The molecule has 0 spiro atoms. The topological polar surface area (TPSA) is 66.7 Å². The standard InChI is InChI=1S/C22H23N3O3S/c1-17-5-8-19(9-6-17)29(27)16-18-7-10-20(28-18)22(26)25-14-12-24(13-15-25)21-4-2-3-11-23-21/h2-11H,12-16H2,1H3/t29-/m1/s1. The van der Waals surface area contributed by atoms with Crippen molar-refractivity contribution in [1.29, 1.82) is 0 Å². The van der Waals surface area contributed by atoms with Crippen LogP contribution >= 0.6 is 0 Å². The molecule has 1 aliphatic heterocycles. The third-order valence-corrected chi connectivity index (χ3v) is 6.31. The van der Waals surface area contributed by atoms with Crippen LogP contribution < -0.4 is 4.90 Å². The molecule has 1 aromatic carbocycles. The van der Waals surface area contributed by atoms with Gasteiger partial charge in [0.25, 0.3) is 5.91 Å². The molecule has 29 heavy (non-hydrogen) atoms. The first-order valence-corrected chi connectivity index (χ1v) is 10.9. The Kier molecular flexibility index (Phi) is 5.76. The van der Waals surface area contributed by atoms with E-state index in [-0.39, 0.29) is 11.7 Å². The number of anilines is 1. The molecule has 1 aliphatic rings. The van der Waals surface area contributed by atoms with E-state index in [2.05, 4.69) is 9.88 Å². The van der Waals surface area contributed by atoms with Crippen LogP contribution in [0, 0.1) is 6.92 Å². The van der Waals surface area contributed by atoms with E-state index in [1.165, 1.54) is 0 Å². The number of piperazine rings is 1. The minimum atomic E-state index is -1.21. The number of hydrogen-bond acceptors (Lipinski definition) is 5. The highest BCUT2D eigenvalue weighted by Gasteiger charge is 2.25. The summed E-state index contributed by atoms with van der Waals surface area (Å²) >= 11 is 0. The lowest BCUT2D eigenvalue weighted by molar-refractivity contribution is 0.0713. The van der Waals surface area contributed by atoms with Crippen molar-refractivity contribution in [2.45, 2.75) is 17.6 Å². The summed E-state index contributed by atoms with van der Waals surface area (Å²) < 4.78 is 18.2. The molecule has 1 amide bonds. The number of aromatic nitrogens is 1. The van der Waals surface area contributed by atoms with Gasteiger partial charge in [-0.25, -0.2) is 4.98 Å². The van der Waals surface area contributed by atoms with Crippen molar-refractivity contribution in [3.63, 3.8) is 0 Å². The molecule has 1 fully saturated rings. The van der Waals surface area contributed by atoms with Crippen LogP contribution in [0.15, 0.2) is 70.1 Å². The number of nitrogens with zero attached hydrogens (tertiary/aromatic N) is 3. The lowest BCUT2D eigenvalue weighted by atomic mass is 10.2. The first-order valence-electron chi connectivity index (χ1n) is 9.59. The lowest BCUT2D eigenvalue weighted by Crippen LogP contribution is -2.49. The van der Waals surface area contributed by atoms with E-state index < -0.39 is 10.8 Å². The molecule has 2 aromatic heterocycles. The minimum Gasteiger partial charge on any atom is -0.455 e. The fraction of sp³-hybridized carbons (Fsp3) is 0.273. The van der Waals surface area contributed by atoms with Crippen molar-refractivity contribution in [2.24, 2.45) is 0 Å². The van der Waals surface area contributed by atoms with E-state index in [0.717, 1.165) is 29.4 Å². The summed E-state index contributed by atoms with van der Waals surface area (Å²) in [5.41, 5.74) is 1.12. The second-order valence-electron chi connectivity index (χ2n) is 7.04. The summed E-state index contributed by atoms with van der Waals surface area (Å²) in [6.07, 6.45) is 1.78. The molecule has 0 radical (unpaired) electrons. The zero-order valence-electron chi connectivity index (χ0n) is 16.3. The van der Waals surface area contributed by atoms with Crippen LogP contribution in [0.25, 0.3) is 0 Å². The number of hydrogen-bond donors (Lipinski definition) is 0. The monoisotopic (exact) mass is 409 g/mol. The summed E-state index contributed by atoms with van der Waals surface area (Å²) in [5.74, 6) is 1.91. The zero-order valence-corrected chi connectivity index (χ0v) is 17.1. The van der Waals surface area contributed by atoms with Gasteiger partial charge in [-0.15, -0.1) is 0 Å². The second kappa shape index (κ2) is 8.61. The second-order valence-corrected chi connectivity index (χ2v) is 8.49. The number of carbonyl (C=O) groups excluding carboxylic acids is 1. The molecule has 1 atom stereocenters. The molecule has 0 N–H and O–H groups in total. The fourth-order valence-electron chi connectivity index (χ4n) is 3.31. The van der Waals surface area contributed by atoms with Crippen molar-refractivity contribution < 1.29 is 13.4 Å². The fourth-order valence-corrected chi connectivity index (χ4v) is 4.33. The average Bonchev–Trinajstić information content (AvgIpc) is 3.23. The van der Waals surface area contributed by atoms with Crippen molar-refractivity contribution in [2.75, 3.05) is 31.1 Å². The highest BCUT2D eigenvalue weighted by Crippen LogP contribution is 2.18. The molecule has 0 aliphatic carbocycles. The molecule has 0 bridgehead atoms. The van der Waals surface area contributed by atoms with Crippen LogP contribution in [0.2, 0.25) is 0 Å². The van der Waals surface area contributed by atoms with Gasteiger partial charge < -0.3 is 14.2 Å². The highest BCUT2D eigenvalue weighted by atomic mass is 32.2. The molecule has 4 rings (SSSR count). The third-order valence-electron chi connectivity index (χ3n) is 4.97. The Morgan fingerprint density at radius 2 is 1.79 bits per heavy atom. The number of pyridine rings is 1. The SMILES string of the molecule is Cc1ccc([S@](=O)Cc2ccc(C(=O)N3CCN(c4ccccn4)CC3)o2)cc1. The van der Waals surface area contributed by atoms with Gasteiger partial charge in [-0.1, -0.05) is 23.8 Å². The molecule has 0 unspecified atom stereocenters. The molecular weight excluding hydrogens is 386 g/mol. The van der Waals surface area contributed by atoms with Crippen LogP contribution in [0.4, 0.5) is 5.82 Å². The number of furan rings is 1. The maximum Gasteiger partial charge on any atom is 0.289 e. The van der Waals surface area contributed by atoms with E-state index in [0.29, 0.717) is 24.6 Å². The highest BCUT2D eigenvalue weighted by molar-refractivity contribution is 7.84. The molecule has 6 nitrogen and oxygen atoms in total. The number of rotatable bonds is 5. The van der Waals surface area contributed by atoms with Crippen LogP contribution in [0.5, 0.6) is 0 Å². The Hall–Kier alpha value is -2.93. The van der Waals surface area contributed by atoms with Gasteiger partial charge in [0, 0.05) is 37.3 Å². The average molecular weight is 410 g/mol. The van der Waals surface area contributed by atoms with Gasteiger partial charge in [-0.2, -0.15) is 0 Å². The number of amides is 1. The van der Waals surface area contributed by atoms with Crippen LogP contribution in [-0.4, -0.2) is 46.2 Å². The van der Waals surface area contributed by atoms with E-state index >= 15 is 0 Å². The number of carbonyl (C=O) groups is 1. The van der Waals surface area contributed by atoms with Crippen molar-refractivity contribution in [3.8, 4) is 0 Å². The molecule has 3 heterocycles. The summed E-state index contributed by atoms with van der Waals surface area (Å²) in [4.78, 5) is 21.9. The first kappa shape index (κ1) is 19.4. The Morgan fingerprint density at radius 1 is 1.03 bits per heavy atom. The Labute approximate surface area is 172 Å². The maximum atomic E-state index is 12.8. The van der Waals surface area contributed by atoms with Gasteiger partial charge in [0.1, 0.15) is 11.6 Å². The largest absolute Gasteiger partial charge is 0.455 e. The van der Waals surface area contributed by atoms with Crippen LogP contribution in [0.1, 0.15) is 21.9 Å². The smallest absolute Gasteiger partial charge is 0.289 e. The van der Waals surface area contributed by atoms with E-state index in [9.17, 15) is 9.00 Å². The summed E-state index contributed by atoms with van der Waals surface area (Å²) in [6, 6.07) is 16.9. The lowest BCUT2D eigenvalue weighted by Gasteiger charge is -2.34. The van der Waals surface area contributed by atoms with E-state index in [1.807, 2.05) is 49.4 Å². The summed E-state index contributed by atoms with van der Waals surface area (Å²) in [7, 11) is -1.21. The Bertz CT molecular complexity index is 994. The van der Waals surface area contributed by atoms with Gasteiger partial charge in [0.05, 0.1) is 16.6 Å². The number of aryl methyl sites for hydroxylation is 1. The Morgan fingerprint density at radius 3 is 2.48 bits per heavy atom. The minimum absolute atomic E-state index is 0.127. The molecular formula is C22H23N3O3S. The molecule has 150 valence electrons. The van der Waals surface area contributed by atoms with Crippen molar-refractivity contribution in [3.05, 3.63) is 77.9 Å². The number of benzene rings is 1. The van der Waals surface area contributed by atoms with Gasteiger partial charge in [-0.3, -0.25) is 9.00 Å². The van der Waals surface area contributed by atoms with E-state index in [1.54, 1.807) is 23.2 Å². The van der Waals surface area contributed by atoms with Crippen LogP contribution in [-0.2, 0) is 16.6 Å². The quantitative estimate of drug-likeness (QED) is 0.647. The molecule has 7 heteroatoms. The zero-order chi connectivity index (χ0) is 20.2. The van der Waals surface area contributed by atoms with Gasteiger partial charge in [0.2, 0.25) is 0 Å². The maximum absolute atomic E-state index is 12.8. The molecule has 1 saturated heterocycles. The van der Waals surface area contributed by atoms with Gasteiger partial charge >= 0.3 is 0 Å². The van der Waals surface area contributed by atoms with Crippen LogP contribution in [0.3, 0.4) is 0 Å². The first-order chi connectivity index (χ1) is 14.1. The molecule has 0 saturated carbocycles. The summed E-state index contributed by atoms with van der Waals surface area (Å²) in [6.45, 7) is 4.68. The van der Waals surface area contributed by atoms with Crippen molar-refractivity contribution >= 4 is 22.5 Å². The van der Waals surface area contributed by atoms with Gasteiger partial charge in [-0.05, 0) is 43.3 Å². The Balaban J connectivity index is 1.35. The summed E-state index contributed by atoms with van der Waals surface area (Å²) in [5, 5.41) is 0.